The average Bonchev–Trinajstić information content (AvgIpc) is 2.71. The summed E-state index contributed by atoms with van der Waals surface area (Å²) in [4.78, 5) is 26.1. The molecule has 0 aliphatic heterocycles. The number of rotatable bonds is 8. The molecule has 0 spiro atoms. The second-order valence-corrected chi connectivity index (χ2v) is 5.70. The zero-order valence-electron chi connectivity index (χ0n) is 15.9. The van der Waals surface area contributed by atoms with Crippen LogP contribution in [0.1, 0.15) is 15.9 Å². The predicted octanol–water partition coefficient (Wildman–Crippen LogP) is 2.53. The number of carbonyl (C=O) groups excluding carboxylic acids is 2. The van der Waals surface area contributed by atoms with E-state index >= 15 is 0 Å². The molecule has 2 aromatic carbocycles. The van der Waals surface area contributed by atoms with Crippen LogP contribution < -0.4 is 14.2 Å². The zero-order chi connectivity index (χ0) is 19.8. The van der Waals surface area contributed by atoms with Gasteiger partial charge in [-0.15, -0.1) is 0 Å². The van der Waals surface area contributed by atoms with Crippen molar-refractivity contribution in [1.29, 1.82) is 0 Å². The number of esters is 1. The second-order valence-electron chi connectivity index (χ2n) is 5.70. The lowest BCUT2D eigenvalue weighted by atomic mass is 10.2. The molecular weight excluding hydrogens is 350 g/mol. The van der Waals surface area contributed by atoms with Gasteiger partial charge in [0, 0.05) is 19.2 Å². The average molecular weight is 373 g/mol. The van der Waals surface area contributed by atoms with Crippen LogP contribution in [0, 0.1) is 0 Å². The first-order valence-electron chi connectivity index (χ1n) is 8.25. The quantitative estimate of drug-likeness (QED) is 0.662. The molecule has 0 aromatic heterocycles. The summed E-state index contributed by atoms with van der Waals surface area (Å²) < 4.78 is 20.7. The van der Waals surface area contributed by atoms with Crippen LogP contribution in [0.25, 0.3) is 0 Å². The monoisotopic (exact) mass is 373 g/mol. The minimum Gasteiger partial charge on any atom is -0.497 e. The van der Waals surface area contributed by atoms with Crippen LogP contribution in [-0.4, -0.2) is 51.8 Å². The maximum absolute atomic E-state index is 12.3. The van der Waals surface area contributed by atoms with E-state index in [1.54, 1.807) is 26.3 Å². The van der Waals surface area contributed by atoms with Crippen molar-refractivity contribution >= 4 is 11.9 Å². The molecule has 0 aliphatic rings. The Morgan fingerprint density at radius 2 is 1.63 bits per heavy atom. The van der Waals surface area contributed by atoms with Crippen molar-refractivity contribution < 1.29 is 28.5 Å². The molecule has 0 atom stereocenters. The number of likely N-dealkylation sites (N-methyl/N-ethyl adjacent to an activating group) is 1. The van der Waals surface area contributed by atoms with Gasteiger partial charge in [-0.1, -0.05) is 18.2 Å². The lowest BCUT2D eigenvalue weighted by Gasteiger charge is -2.19. The molecular formula is C20H23NO6. The number of hydrogen-bond acceptors (Lipinski definition) is 6. The zero-order valence-corrected chi connectivity index (χ0v) is 15.9. The van der Waals surface area contributed by atoms with Gasteiger partial charge in [0.05, 0.1) is 21.3 Å². The van der Waals surface area contributed by atoms with Crippen LogP contribution in [0.5, 0.6) is 17.2 Å². The van der Waals surface area contributed by atoms with E-state index in [4.69, 9.17) is 18.9 Å². The van der Waals surface area contributed by atoms with Crippen molar-refractivity contribution in [2.75, 3.05) is 35.0 Å². The summed E-state index contributed by atoms with van der Waals surface area (Å²) in [5, 5.41) is 0. The van der Waals surface area contributed by atoms with Crippen molar-refractivity contribution in [1.82, 2.24) is 4.90 Å². The molecule has 7 heteroatoms. The van der Waals surface area contributed by atoms with E-state index in [2.05, 4.69) is 0 Å². The summed E-state index contributed by atoms with van der Waals surface area (Å²) in [7, 11) is 6.15. The molecule has 144 valence electrons. The van der Waals surface area contributed by atoms with E-state index in [9.17, 15) is 9.59 Å². The summed E-state index contributed by atoms with van der Waals surface area (Å²) in [6.45, 7) is -0.0479. The van der Waals surface area contributed by atoms with Gasteiger partial charge in [0.25, 0.3) is 5.91 Å². The third-order valence-electron chi connectivity index (χ3n) is 3.98. The van der Waals surface area contributed by atoms with E-state index in [0.29, 0.717) is 23.8 Å². The SMILES string of the molecule is COc1ccc(OC)c(C(=O)OCC(=O)N(C)Cc2ccccc2OC)c1. The molecule has 2 aromatic rings. The standard InChI is InChI=1S/C20H23NO6/c1-21(12-14-7-5-6-8-17(14)25-3)19(22)13-27-20(23)16-11-15(24-2)9-10-18(16)26-4/h5-11H,12-13H2,1-4H3. The summed E-state index contributed by atoms with van der Waals surface area (Å²) >= 11 is 0. The molecule has 0 bridgehead atoms. The number of ether oxygens (including phenoxy) is 4. The number of para-hydroxylation sites is 1. The molecule has 0 heterocycles. The number of benzene rings is 2. The molecule has 0 saturated carbocycles. The first-order chi connectivity index (χ1) is 13.0. The van der Waals surface area contributed by atoms with Crippen molar-refractivity contribution in [3.63, 3.8) is 0 Å². The summed E-state index contributed by atoms with van der Waals surface area (Å²) in [6, 6.07) is 12.2. The van der Waals surface area contributed by atoms with Gasteiger partial charge < -0.3 is 23.8 Å². The number of amides is 1. The van der Waals surface area contributed by atoms with Gasteiger partial charge in [0.2, 0.25) is 0 Å². The van der Waals surface area contributed by atoms with Crippen molar-refractivity contribution in [3.8, 4) is 17.2 Å². The molecule has 0 fully saturated rings. The maximum atomic E-state index is 12.3. The van der Waals surface area contributed by atoms with Crippen molar-refractivity contribution in [2.24, 2.45) is 0 Å². The highest BCUT2D eigenvalue weighted by Crippen LogP contribution is 2.24. The Bertz CT molecular complexity index is 805. The van der Waals surface area contributed by atoms with Gasteiger partial charge in [0.15, 0.2) is 6.61 Å². The lowest BCUT2D eigenvalue weighted by molar-refractivity contribution is -0.133. The molecule has 1 amide bonds. The Kier molecular flexibility index (Phi) is 7.05. The molecule has 0 N–H and O–H groups in total. The van der Waals surface area contributed by atoms with E-state index < -0.39 is 5.97 Å². The molecule has 0 saturated heterocycles. The van der Waals surface area contributed by atoms with E-state index in [1.807, 2.05) is 24.3 Å². The summed E-state index contributed by atoms with van der Waals surface area (Å²) in [5.41, 5.74) is 1.05. The topological polar surface area (TPSA) is 74.3 Å². The fourth-order valence-corrected chi connectivity index (χ4v) is 2.47. The Morgan fingerprint density at radius 3 is 2.30 bits per heavy atom. The van der Waals surface area contributed by atoms with Gasteiger partial charge in [0.1, 0.15) is 22.8 Å². The van der Waals surface area contributed by atoms with Crippen molar-refractivity contribution in [2.45, 2.75) is 6.54 Å². The lowest BCUT2D eigenvalue weighted by Crippen LogP contribution is -2.31. The highest BCUT2D eigenvalue weighted by atomic mass is 16.5. The number of carbonyl (C=O) groups is 2. The smallest absolute Gasteiger partial charge is 0.342 e. The normalized spacial score (nSPS) is 10.1. The van der Waals surface area contributed by atoms with E-state index in [0.717, 1.165) is 5.56 Å². The Labute approximate surface area is 158 Å². The summed E-state index contributed by atoms with van der Waals surface area (Å²) in [6.07, 6.45) is 0. The number of methoxy groups -OCH3 is 3. The second kappa shape index (κ2) is 9.47. The van der Waals surface area contributed by atoms with Gasteiger partial charge >= 0.3 is 5.97 Å². The summed E-state index contributed by atoms with van der Waals surface area (Å²) in [5.74, 6) is 0.522. The molecule has 0 aliphatic carbocycles. The molecule has 7 nitrogen and oxygen atoms in total. The largest absolute Gasteiger partial charge is 0.497 e. The molecule has 0 unspecified atom stereocenters. The first-order valence-corrected chi connectivity index (χ1v) is 8.25. The predicted molar refractivity (Wildman–Crippen MR) is 99.3 cm³/mol. The third-order valence-corrected chi connectivity index (χ3v) is 3.98. The maximum Gasteiger partial charge on any atom is 0.342 e. The molecule has 2 rings (SSSR count). The van der Waals surface area contributed by atoms with E-state index in [1.165, 1.54) is 25.2 Å². The third kappa shape index (κ3) is 5.13. The Morgan fingerprint density at radius 1 is 0.926 bits per heavy atom. The molecule has 0 radical (unpaired) electrons. The minimum absolute atomic E-state index is 0.192. The first kappa shape index (κ1) is 20.1. The van der Waals surface area contributed by atoms with Crippen LogP contribution in [0.3, 0.4) is 0 Å². The fourth-order valence-electron chi connectivity index (χ4n) is 2.47. The molecule has 27 heavy (non-hydrogen) atoms. The van der Waals surface area contributed by atoms with Gasteiger partial charge in [-0.25, -0.2) is 4.79 Å². The van der Waals surface area contributed by atoms with E-state index in [-0.39, 0.29) is 18.1 Å². The fraction of sp³-hybridized carbons (Fsp3) is 0.300. The van der Waals surface area contributed by atoms with Gasteiger partial charge in [-0.2, -0.15) is 0 Å². The Balaban J connectivity index is 1.99. The van der Waals surface area contributed by atoms with Crippen LogP contribution in [0.15, 0.2) is 42.5 Å². The number of nitrogens with zero attached hydrogens (tertiary/aromatic N) is 1. The Hall–Kier alpha value is -3.22. The van der Waals surface area contributed by atoms with Crippen LogP contribution >= 0.6 is 0 Å². The minimum atomic E-state index is -0.662. The number of hydrogen-bond donors (Lipinski definition) is 0. The van der Waals surface area contributed by atoms with Gasteiger partial charge in [-0.3, -0.25) is 4.79 Å². The van der Waals surface area contributed by atoms with Crippen LogP contribution in [0.2, 0.25) is 0 Å². The van der Waals surface area contributed by atoms with Gasteiger partial charge in [-0.05, 0) is 24.3 Å². The van der Waals surface area contributed by atoms with Crippen LogP contribution in [0.4, 0.5) is 0 Å². The van der Waals surface area contributed by atoms with Crippen molar-refractivity contribution in [3.05, 3.63) is 53.6 Å². The highest BCUT2D eigenvalue weighted by molar-refractivity contribution is 5.94. The van der Waals surface area contributed by atoms with Crippen LogP contribution in [-0.2, 0) is 16.1 Å². The highest BCUT2D eigenvalue weighted by Gasteiger charge is 2.18.